The summed E-state index contributed by atoms with van der Waals surface area (Å²) in [5, 5.41) is 8.37. The lowest BCUT2D eigenvalue weighted by Gasteiger charge is -2.06. The molecular weight excluding hydrogens is 315 g/mol. The van der Waals surface area contributed by atoms with Crippen molar-refractivity contribution in [2.24, 2.45) is 0 Å². The predicted molar refractivity (Wildman–Crippen MR) is 52.1 cm³/mol. The van der Waals surface area contributed by atoms with Crippen molar-refractivity contribution in [2.75, 3.05) is 0 Å². The van der Waals surface area contributed by atoms with Crippen LogP contribution in [0.15, 0.2) is 6.07 Å². The Morgan fingerprint density at radius 1 is 1.05 bits per heavy atom. The smallest absolute Gasteiger partial charge is 0.273 e. The zero-order chi connectivity index (χ0) is 15.2. The van der Waals surface area contributed by atoms with Crippen molar-refractivity contribution < 1.29 is 30.7 Å². The Morgan fingerprint density at radius 3 is 1.95 bits per heavy atom. The molecule has 1 N–H and O–H groups in total. The molecule has 0 aliphatic heterocycles. The summed E-state index contributed by atoms with van der Waals surface area (Å²) in [6.45, 7) is 0. The quantitative estimate of drug-likeness (QED) is 0.638. The molecule has 20 heavy (non-hydrogen) atoms. The number of hydrogen-bond acceptors (Lipinski definition) is 3. The lowest BCUT2D eigenvalue weighted by atomic mass is 10.2. The first-order valence-electron chi connectivity index (χ1n) is 4.68. The minimum atomic E-state index is -4.95. The number of aromatic nitrogens is 2. The first-order valence-corrected chi connectivity index (χ1v) is 5.50. The van der Waals surface area contributed by atoms with E-state index in [1.54, 1.807) is 0 Å². The Bertz CT molecular complexity index is 704. The van der Waals surface area contributed by atoms with E-state index in [9.17, 15) is 30.7 Å². The van der Waals surface area contributed by atoms with Crippen molar-refractivity contribution >= 4 is 11.3 Å². The predicted octanol–water partition coefficient (Wildman–Crippen LogP) is 2.99. The molecule has 3 nitrogen and oxygen atoms in total. The highest BCUT2D eigenvalue weighted by Crippen LogP contribution is 2.30. The number of nitrogens with zero attached hydrogens (tertiary/aromatic N) is 2. The van der Waals surface area contributed by atoms with Gasteiger partial charge in [-0.3, -0.25) is 5.41 Å². The number of benzene rings is 1. The minimum absolute atomic E-state index is 0.102. The highest BCUT2D eigenvalue weighted by atomic mass is 32.1. The molecule has 1 heterocycles. The second-order valence-electron chi connectivity index (χ2n) is 3.44. The molecule has 0 aliphatic rings. The largest absolute Gasteiger partial charge is 0.445 e. The molecule has 1 aromatic heterocycles. The molecule has 2 aromatic rings. The average molecular weight is 317 g/mol. The second-order valence-corrected chi connectivity index (χ2v) is 4.42. The summed E-state index contributed by atoms with van der Waals surface area (Å²) in [5.41, 5.74) is -1.51. The Kier molecular flexibility index (Phi) is 3.32. The fraction of sp³-hybridized carbons (Fsp3) is 0.111. The monoisotopic (exact) mass is 317 g/mol. The molecule has 108 valence electrons. The molecule has 0 saturated carbocycles. The Balaban J connectivity index is 2.76. The van der Waals surface area contributed by atoms with Gasteiger partial charge in [-0.2, -0.15) is 17.9 Å². The molecule has 0 aliphatic carbocycles. The van der Waals surface area contributed by atoms with Crippen LogP contribution < -0.4 is 4.80 Å². The van der Waals surface area contributed by atoms with Gasteiger partial charge in [-0.25, -0.2) is 17.6 Å². The fourth-order valence-electron chi connectivity index (χ4n) is 1.30. The molecule has 0 amide bonds. The van der Waals surface area contributed by atoms with E-state index in [2.05, 4.69) is 5.10 Å². The molecule has 0 fully saturated rings. The van der Waals surface area contributed by atoms with Crippen molar-refractivity contribution in [1.29, 1.82) is 5.41 Å². The van der Waals surface area contributed by atoms with Crippen LogP contribution in [0, 0.1) is 28.7 Å². The molecule has 1 aromatic carbocycles. The van der Waals surface area contributed by atoms with Gasteiger partial charge in [0.2, 0.25) is 9.81 Å². The molecule has 0 atom stereocenters. The van der Waals surface area contributed by atoms with Crippen LogP contribution >= 0.6 is 11.3 Å². The lowest BCUT2D eigenvalue weighted by molar-refractivity contribution is -0.138. The van der Waals surface area contributed by atoms with E-state index in [0.717, 1.165) is 0 Å². The number of hydrogen-bond donors (Lipinski definition) is 1. The molecule has 0 unspecified atom stereocenters. The van der Waals surface area contributed by atoms with Gasteiger partial charge < -0.3 is 0 Å². The first kappa shape index (κ1) is 14.5. The highest BCUT2D eigenvalue weighted by molar-refractivity contribution is 7.08. The van der Waals surface area contributed by atoms with E-state index in [0.29, 0.717) is 0 Å². The van der Waals surface area contributed by atoms with Crippen LogP contribution in [0.4, 0.5) is 30.7 Å². The minimum Gasteiger partial charge on any atom is -0.273 e. The van der Waals surface area contributed by atoms with Crippen molar-refractivity contribution in [2.45, 2.75) is 6.18 Å². The summed E-state index contributed by atoms with van der Waals surface area (Å²) in [7, 11) is 0. The van der Waals surface area contributed by atoms with Crippen LogP contribution in [-0.2, 0) is 6.18 Å². The summed E-state index contributed by atoms with van der Waals surface area (Å²) in [5.74, 6) is -7.51. The van der Waals surface area contributed by atoms with E-state index in [1.165, 1.54) is 0 Å². The van der Waals surface area contributed by atoms with Gasteiger partial charge in [0.25, 0.3) is 0 Å². The Morgan fingerprint density at radius 2 is 1.55 bits per heavy atom. The molecular formula is C9H2F7N3S. The maximum atomic E-state index is 13.4. The van der Waals surface area contributed by atoms with Crippen LogP contribution in [0.1, 0.15) is 5.01 Å². The van der Waals surface area contributed by atoms with Crippen LogP contribution in [0.25, 0.3) is 5.69 Å². The van der Waals surface area contributed by atoms with Gasteiger partial charge in [-0.1, -0.05) is 11.3 Å². The average Bonchev–Trinajstić information content (AvgIpc) is 2.69. The summed E-state index contributed by atoms with van der Waals surface area (Å²) >= 11 is -0.239. The van der Waals surface area contributed by atoms with E-state index < -0.39 is 44.9 Å². The summed E-state index contributed by atoms with van der Waals surface area (Å²) in [6, 6.07) is -0.102. The van der Waals surface area contributed by atoms with Gasteiger partial charge in [-0.05, 0) is 0 Å². The van der Waals surface area contributed by atoms with E-state index >= 15 is 0 Å². The third-order valence-electron chi connectivity index (χ3n) is 2.12. The van der Waals surface area contributed by atoms with Crippen LogP contribution in [0.5, 0.6) is 0 Å². The van der Waals surface area contributed by atoms with Gasteiger partial charge in [-0.15, -0.1) is 5.10 Å². The Hall–Kier alpha value is -1.91. The highest BCUT2D eigenvalue weighted by Gasteiger charge is 2.36. The molecule has 0 bridgehead atoms. The number of halogens is 7. The first-order chi connectivity index (χ1) is 9.12. The third-order valence-corrected chi connectivity index (χ3v) is 2.99. The third kappa shape index (κ3) is 2.28. The lowest BCUT2D eigenvalue weighted by Crippen LogP contribution is -2.18. The van der Waals surface area contributed by atoms with Crippen molar-refractivity contribution in [1.82, 2.24) is 9.78 Å². The van der Waals surface area contributed by atoms with Crippen molar-refractivity contribution in [3.63, 3.8) is 0 Å². The SMILES string of the molecule is N=c1sc(C(F)(F)F)nn1-c1c(F)c(F)cc(F)c1F. The van der Waals surface area contributed by atoms with Crippen LogP contribution in [0.3, 0.4) is 0 Å². The maximum absolute atomic E-state index is 13.4. The van der Waals surface area contributed by atoms with Gasteiger partial charge in [0.05, 0.1) is 0 Å². The summed E-state index contributed by atoms with van der Waals surface area (Å²) < 4.78 is 89.7. The standard InChI is InChI=1S/C9H2F7N3S/c10-2-1-3(11)5(13)6(4(2)12)19-8(17)20-7(18-19)9(14,15)16/h1,17H. The van der Waals surface area contributed by atoms with Crippen molar-refractivity contribution in [3.8, 4) is 5.69 Å². The molecule has 11 heteroatoms. The molecule has 0 radical (unpaired) electrons. The van der Waals surface area contributed by atoms with Gasteiger partial charge >= 0.3 is 6.18 Å². The normalized spacial score (nSPS) is 11.9. The van der Waals surface area contributed by atoms with E-state index in [4.69, 9.17) is 5.41 Å². The fourth-order valence-corrected chi connectivity index (χ4v) is 1.94. The van der Waals surface area contributed by atoms with E-state index in [1.807, 2.05) is 0 Å². The summed E-state index contributed by atoms with van der Waals surface area (Å²) in [6.07, 6.45) is -4.95. The topological polar surface area (TPSA) is 41.7 Å². The number of alkyl halides is 3. The van der Waals surface area contributed by atoms with E-state index in [-0.39, 0.29) is 22.1 Å². The molecule has 0 saturated heterocycles. The Labute approximate surface area is 109 Å². The molecule has 0 spiro atoms. The van der Waals surface area contributed by atoms with Crippen LogP contribution in [-0.4, -0.2) is 9.78 Å². The van der Waals surface area contributed by atoms with Gasteiger partial charge in [0, 0.05) is 6.07 Å². The zero-order valence-corrected chi connectivity index (χ0v) is 9.84. The second kappa shape index (κ2) is 4.58. The van der Waals surface area contributed by atoms with Crippen LogP contribution in [0.2, 0.25) is 0 Å². The molecule has 2 rings (SSSR count). The van der Waals surface area contributed by atoms with Gasteiger partial charge in [0.15, 0.2) is 23.3 Å². The summed E-state index contributed by atoms with van der Waals surface area (Å²) in [4.78, 5) is -1.04. The zero-order valence-electron chi connectivity index (χ0n) is 9.03. The van der Waals surface area contributed by atoms with Crippen molar-refractivity contribution in [3.05, 3.63) is 39.1 Å². The number of nitrogens with one attached hydrogen (secondary N) is 1. The van der Waals surface area contributed by atoms with Gasteiger partial charge in [0.1, 0.15) is 5.69 Å². The maximum Gasteiger partial charge on any atom is 0.445 e. The number of rotatable bonds is 1.